The van der Waals surface area contributed by atoms with Gasteiger partial charge in [0.2, 0.25) is 0 Å². The van der Waals surface area contributed by atoms with Crippen molar-refractivity contribution in [3.05, 3.63) is 0 Å². The van der Waals surface area contributed by atoms with Crippen LogP contribution in [-0.4, -0.2) is 61.1 Å². The number of hydrogen-bond acceptors (Lipinski definition) is 4. The van der Waals surface area contributed by atoms with Crippen molar-refractivity contribution < 1.29 is 23.1 Å². The van der Waals surface area contributed by atoms with Crippen molar-refractivity contribution in [2.45, 2.75) is 32.2 Å². The summed E-state index contributed by atoms with van der Waals surface area (Å²) >= 11 is 0. The molecule has 8 heteroatoms. The molecule has 2 heterocycles. The number of aliphatic carboxylic acids is 1. The van der Waals surface area contributed by atoms with E-state index in [1.807, 2.05) is 6.92 Å². The van der Waals surface area contributed by atoms with Crippen LogP contribution in [0.1, 0.15) is 26.2 Å². The van der Waals surface area contributed by atoms with Crippen LogP contribution in [0.25, 0.3) is 0 Å². The second-order valence-electron chi connectivity index (χ2n) is 6.05. The highest BCUT2D eigenvalue weighted by Crippen LogP contribution is 2.24. The van der Waals surface area contributed by atoms with E-state index in [0.29, 0.717) is 13.0 Å². The Hall–Kier alpha value is -1.31. The Morgan fingerprint density at radius 2 is 2.05 bits per heavy atom. The van der Waals surface area contributed by atoms with E-state index in [0.717, 1.165) is 12.8 Å². The lowest BCUT2D eigenvalue weighted by atomic mass is 9.91. The number of carboxylic acid groups (broad SMARTS) is 1. The molecule has 0 radical (unpaired) electrons. The lowest BCUT2D eigenvalue weighted by molar-refractivity contribution is -0.145. The van der Waals surface area contributed by atoms with Crippen LogP contribution in [0.5, 0.6) is 0 Å². The highest BCUT2D eigenvalue weighted by molar-refractivity contribution is 7.91. The number of rotatable bonds is 3. The zero-order valence-corrected chi connectivity index (χ0v) is 12.9. The van der Waals surface area contributed by atoms with E-state index < -0.39 is 27.9 Å². The highest BCUT2D eigenvalue weighted by Gasteiger charge is 2.37. The Kier molecular flexibility index (Phi) is 4.75. The van der Waals surface area contributed by atoms with Crippen LogP contribution in [0, 0.1) is 11.8 Å². The predicted molar refractivity (Wildman–Crippen MR) is 76.7 cm³/mol. The molecule has 0 aromatic carbocycles. The van der Waals surface area contributed by atoms with Crippen LogP contribution in [0.15, 0.2) is 0 Å². The maximum Gasteiger partial charge on any atom is 0.326 e. The number of carboxylic acids is 1. The monoisotopic (exact) mass is 318 g/mol. The molecular formula is C13H22N2O5S. The quantitative estimate of drug-likeness (QED) is 0.780. The summed E-state index contributed by atoms with van der Waals surface area (Å²) in [6, 6.07) is -1.20. The van der Waals surface area contributed by atoms with Crippen LogP contribution in [0.3, 0.4) is 0 Å². The molecule has 21 heavy (non-hydrogen) atoms. The fourth-order valence-corrected chi connectivity index (χ4v) is 5.02. The number of likely N-dealkylation sites (tertiary alicyclic amines) is 1. The molecule has 120 valence electrons. The van der Waals surface area contributed by atoms with Gasteiger partial charge in [-0.1, -0.05) is 6.92 Å². The molecule has 2 fully saturated rings. The first-order valence-electron chi connectivity index (χ1n) is 7.28. The van der Waals surface area contributed by atoms with Gasteiger partial charge in [-0.15, -0.1) is 0 Å². The fraction of sp³-hybridized carbons (Fsp3) is 0.846. The lowest BCUT2D eigenvalue weighted by Gasteiger charge is -2.37. The Morgan fingerprint density at radius 1 is 1.33 bits per heavy atom. The Bertz CT molecular complexity index is 519. The minimum absolute atomic E-state index is 0.0653. The van der Waals surface area contributed by atoms with Gasteiger partial charge in [0.25, 0.3) is 0 Å². The standard InChI is InChI=1S/C13H22N2O5S/c1-9-3-2-5-15(11(9)12(16)17)13(18)14-7-10-4-6-21(19,20)8-10/h9-11H,2-8H2,1H3,(H,14,18)(H,16,17). The minimum Gasteiger partial charge on any atom is -0.480 e. The van der Waals surface area contributed by atoms with E-state index in [4.69, 9.17) is 0 Å². The van der Waals surface area contributed by atoms with Crippen molar-refractivity contribution >= 4 is 21.8 Å². The molecule has 3 atom stereocenters. The number of nitrogens with one attached hydrogen (secondary N) is 1. The topological polar surface area (TPSA) is 104 Å². The number of sulfone groups is 1. The van der Waals surface area contributed by atoms with Gasteiger partial charge in [0.15, 0.2) is 9.84 Å². The number of hydrogen-bond donors (Lipinski definition) is 2. The van der Waals surface area contributed by atoms with E-state index in [1.54, 1.807) is 0 Å². The Balaban J connectivity index is 1.91. The van der Waals surface area contributed by atoms with Crippen molar-refractivity contribution in [2.75, 3.05) is 24.6 Å². The third kappa shape index (κ3) is 3.87. The molecule has 7 nitrogen and oxygen atoms in total. The molecule has 3 unspecified atom stereocenters. The number of nitrogens with zero attached hydrogens (tertiary/aromatic N) is 1. The van der Waals surface area contributed by atoms with Gasteiger partial charge in [0, 0.05) is 13.1 Å². The van der Waals surface area contributed by atoms with Gasteiger partial charge < -0.3 is 15.3 Å². The second-order valence-corrected chi connectivity index (χ2v) is 8.28. The molecule has 2 amide bonds. The summed E-state index contributed by atoms with van der Waals surface area (Å²) < 4.78 is 22.7. The van der Waals surface area contributed by atoms with Crippen molar-refractivity contribution in [1.29, 1.82) is 0 Å². The largest absolute Gasteiger partial charge is 0.480 e. The molecule has 0 aromatic rings. The first-order chi connectivity index (χ1) is 9.80. The summed E-state index contributed by atoms with van der Waals surface area (Å²) in [6.45, 7) is 2.55. The van der Waals surface area contributed by atoms with E-state index in [2.05, 4.69) is 5.32 Å². The zero-order valence-electron chi connectivity index (χ0n) is 12.1. The number of piperidine rings is 1. The summed E-state index contributed by atoms with van der Waals surface area (Å²) in [4.78, 5) is 24.9. The van der Waals surface area contributed by atoms with Gasteiger partial charge in [-0.2, -0.15) is 0 Å². The van der Waals surface area contributed by atoms with E-state index in [-0.39, 0.29) is 29.9 Å². The molecular weight excluding hydrogens is 296 g/mol. The summed E-state index contributed by atoms with van der Waals surface area (Å²) in [7, 11) is -2.96. The molecule has 2 aliphatic rings. The third-order valence-corrected chi connectivity index (χ3v) is 6.15. The van der Waals surface area contributed by atoms with Gasteiger partial charge in [-0.05, 0) is 31.1 Å². The molecule has 2 saturated heterocycles. The number of urea groups is 1. The van der Waals surface area contributed by atoms with Crippen LogP contribution in [0.2, 0.25) is 0 Å². The van der Waals surface area contributed by atoms with Gasteiger partial charge in [-0.25, -0.2) is 18.0 Å². The summed E-state index contributed by atoms with van der Waals surface area (Å²) in [5.41, 5.74) is 0. The average Bonchev–Trinajstić information content (AvgIpc) is 2.74. The predicted octanol–water partition coefficient (Wildman–Crippen LogP) is 0.316. The van der Waals surface area contributed by atoms with E-state index >= 15 is 0 Å². The van der Waals surface area contributed by atoms with Crippen molar-refractivity contribution in [2.24, 2.45) is 11.8 Å². The number of carbonyl (C=O) groups is 2. The molecule has 0 spiro atoms. The van der Waals surface area contributed by atoms with Crippen LogP contribution < -0.4 is 5.32 Å². The van der Waals surface area contributed by atoms with Crippen molar-refractivity contribution in [1.82, 2.24) is 10.2 Å². The molecule has 2 rings (SSSR count). The van der Waals surface area contributed by atoms with Crippen LogP contribution in [-0.2, 0) is 14.6 Å². The lowest BCUT2D eigenvalue weighted by Crippen LogP contribution is -2.55. The molecule has 0 aliphatic carbocycles. The molecule has 0 saturated carbocycles. The van der Waals surface area contributed by atoms with E-state index in [9.17, 15) is 23.1 Å². The maximum absolute atomic E-state index is 12.2. The summed E-state index contributed by atoms with van der Waals surface area (Å²) in [5, 5.41) is 12.0. The molecule has 0 aromatic heterocycles. The number of amides is 2. The van der Waals surface area contributed by atoms with Gasteiger partial charge in [0.05, 0.1) is 11.5 Å². The zero-order chi connectivity index (χ0) is 15.6. The first kappa shape index (κ1) is 16.1. The van der Waals surface area contributed by atoms with E-state index in [1.165, 1.54) is 4.90 Å². The average molecular weight is 318 g/mol. The van der Waals surface area contributed by atoms with Gasteiger partial charge in [-0.3, -0.25) is 0 Å². The van der Waals surface area contributed by atoms with Crippen molar-refractivity contribution in [3.8, 4) is 0 Å². The molecule has 2 N–H and O–H groups in total. The number of carbonyl (C=O) groups excluding carboxylic acids is 1. The smallest absolute Gasteiger partial charge is 0.326 e. The van der Waals surface area contributed by atoms with Crippen LogP contribution >= 0.6 is 0 Å². The summed E-state index contributed by atoms with van der Waals surface area (Å²) in [6.07, 6.45) is 2.14. The van der Waals surface area contributed by atoms with Crippen molar-refractivity contribution in [3.63, 3.8) is 0 Å². The SMILES string of the molecule is CC1CCCN(C(=O)NCC2CCS(=O)(=O)C2)C1C(=O)O. The fourth-order valence-electron chi connectivity index (χ4n) is 3.16. The van der Waals surface area contributed by atoms with Gasteiger partial charge >= 0.3 is 12.0 Å². The molecule has 0 bridgehead atoms. The van der Waals surface area contributed by atoms with Gasteiger partial charge in [0.1, 0.15) is 6.04 Å². The Labute approximate surface area is 124 Å². The Morgan fingerprint density at radius 3 is 2.62 bits per heavy atom. The second kappa shape index (κ2) is 6.21. The maximum atomic E-state index is 12.2. The summed E-state index contributed by atoms with van der Waals surface area (Å²) in [5.74, 6) is -0.850. The minimum atomic E-state index is -2.96. The normalized spacial score (nSPS) is 31.9. The third-order valence-electron chi connectivity index (χ3n) is 4.32. The first-order valence-corrected chi connectivity index (χ1v) is 9.10. The van der Waals surface area contributed by atoms with Crippen LogP contribution in [0.4, 0.5) is 4.79 Å². The highest BCUT2D eigenvalue weighted by atomic mass is 32.2. The molecule has 2 aliphatic heterocycles.